The highest BCUT2D eigenvalue weighted by atomic mass is 35.5. The van der Waals surface area contributed by atoms with E-state index in [2.05, 4.69) is 4.98 Å². The first-order valence-corrected chi connectivity index (χ1v) is 4.03. The third-order valence-electron chi connectivity index (χ3n) is 1.59. The Balaban J connectivity index is 3.47. The summed E-state index contributed by atoms with van der Waals surface area (Å²) in [7, 11) is 0. The number of halogens is 3. The molecule has 0 aliphatic rings. The van der Waals surface area contributed by atoms with Gasteiger partial charge in [-0.1, -0.05) is 0 Å². The number of nitrogens with two attached hydrogens (primary N) is 1. The molecule has 0 saturated heterocycles. The second kappa shape index (κ2) is 4.19. The Labute approximate surface area is 88.3 Å². The van der Waals surface area contributed by atoms with E-state index in [4.69, 9.17) is 22.6 Å². The van der Waals surface area contributed by atoms with Crippen molar-refractivity contribution >= 4 is 22.5 Å². The number of pyridine rings is 1. The Bertz CT molecular complexity index is 456. The molecule has 0 aliphatic carbocycles. The van der Waals surface area contributed by atoms with E-state index < -0.39 is 23.1 Å². The molecule has 0 spiro atoms. The standard InChI is InChI=1S/C8H4ClF2N3O/c9-7(15)6-3(2-12)4(13)1-5(14-6)8(10)11/h1,8H,(H2,13,14). The summed E-state index contributed by atoms with van der Waals surface area (Å²) in [5, 5.41) is 7.51. The molecule has 15 heavy (non-hydrogen) atoms. The fourth-order valence-corrected chi connectivity index (χ4v) is 1.09. The zero-order valence-corrected chi connectivity index (χ0v) is 7.92. The molecule has 0 fully saturated rings. The molecule has 0 radical (unpaired) electrons. The molecule has 0 bridgehead atoms. The molecule has 78 valence electrons. The van der Waals surface area contributed by atoms with Crippen molar-refractivity contribution in [1.29, 1.82) is 5.26 Å². The van der Waals surface area contributed by atoms with Crippen LogP contribution in [0.3, 0.4) is 0 Å². The molecule has 1 heterocycles. The molecular formula is C8H4ClF2N3O. The van der Waals surface area contributed by atoms with Crippen molar-refractivity contribution in [3.63, 3.8) is 0 Å². The van der Waals surface area contributed by atoms with E-state index in [0.29, 0.717) is 0 Å². The number of nitrogen functional groups attached to an aromatic ring is 1. The van der Waals surface area contributed by atoms with Gasteiger partial charge in [0.15, 0.2) is 0 Å². The highest BCUT2D eigenvalue weighted by Gasteiger charge is 2.19. The lowest BCUT2D eigenvalue weighted by Gasteiger charge is -2.05. The summed E-state index contributed by atoms with van der Waals surface area (Å²) in [6.07, 6.45) is -2.88. The van der Waals surface area contributed by atoms with Gasteiger partial charge < -0.3 is 5.73 Å². The fraction of sp³-hybridized carbons (Fsp3) is 0.125. The second-order valence-corrected chi connectivity index (χ2v) is 2.89. The third kappa shape index (κ3) is 2.19. The van der Waals surface area contributed by atoms with Gasteiger partial charge in [-0.2, -0.15) is 5.26 Å². The average molecular weight is 232 g/mol. The summed E-state index contributed by atoms with van der Waals surface area (Å²) in [6.45, 7) is 0. The van der Waals surface area contributed by atoms with E-state index >= 15 is 0 Å². The quantitative estimate of drug-likeness (QED) is 0.788. The molecule has 0 saturated carbocycles. The molecule has 0 aliphatic heterocycles. The molecule has 1 rings (SSSR count). The molecule has 0 aromatic carbocycles. The van der Waals surface area contributed by atoms with Crippen LogP contribution in [0.1, 0.15) is 28.2 Å². The third-order valence-corrected chi connectivity index (χ3v) is 1.77. The van der Waals surface area contributed by atoms with Gasteiger partial charge in [-0.15, -0.1) is 0 Å². The topological polar surface area (TPSA) is 79.8 Å². The average Bonchev–Trinajstić information content (AvgIpc) is 2.16. The highest BCUT2D eigenvalue weighted by Crippen LogP contribution is 2.23. The van der Waals surface area contributed by atoms with Crippen molar-refractivity contribution in [3.05, 3.63) is 23.0 Å². The molecule has 7 heteroatoms. The smallest absolute Gasteiger partial charge is 0.280 e. The van der Waals surface area contributed by atoms with Crippen molar-refractivity contribution in [1.82, 2.24) is 4.98 Å². The van der Waals surface area contributed by atoms with Crippen LogP contribution in [0.25, 0.3) is 0 Å². The summed E-state index contributed by atoms with van der Waals surface area (Å²) in [5.41, 5.74) is 3.53. The predicted molar refractivity (Wildman–Crippen MR) is 48.5 cm³/mol. The Kier molecular flexibility index (Phi) is 3.17. The minimum absolute atomic E-state index is 0.244. The predicted octanol–water partition coefficient (Wildman–Crippen LogP) is 1.85. The Morgan fingerprint density at radius 1 is 1.67 bits per heavy atom. The molecule has 2 N–H and O–H groups in total. The normalized spacial score (nSPS) is 10.1. The first-order valence-electron chi connectivity index (χ1n) is 3.66. The zero-order valence-electron chi connectivity index (χ0n) is 7.17. The minimum Gasteiger partial charge on any atom is -0.398 e. The van der Waals surface area contributed by atoms with E-state index in [1.165, 1.54) is 0 Å². The van der Waals surface area contributed by atoms with E-state index in [-0.39, 0.29) is 11.3 Å². The zero-order chi connectivity index (χ0) is 11.6. The van der Waals surface area contributed by atoms with Crippen LogP contribution in [0.15, 0.2) is 6.07 Å². The molecule has 0 unspecified atom stereocenters. The van der Waals surface area contributed by atoms with E-state index in [1.807, 2.05) is 0 Å². The number of hydrogen-bond donors (Lipinski definition) is 1. The summed E-state index contributed by atoms with van der Waals surface area (Å²) >= 11 is 5.08. The van der Waals surface area contributed by atoms with Gasteiger partial charge in [0, 0.05) is 0 Å². The van der Waals surface area contributed by atoms with Gasteiger partial charge in [-0.05, 0) is 17.7 Å². The van der Waals surface area contributed by atoms with Crippen LogP contribution in [0.2, 0.25) is 0 Å². The van der Waals surface area contributed by atoms with Crippen LogP contribution in [-0.4, -0.2) is 10.2 Å². The largest absolute Gasteiger partial charge is 0.398 e. The number of rotatable bonds is 2. The number of nitrogens with zero attached hydrogens (tertiary/aromatic N) is 2. The molecule has 0 atom stereocenters. The van der Waals surface area contributed by atoms with Gasteiger partial charge in [0.25, 0.3) is 11.7 Å². The molecule has 4 nitrogen and oxygen atoms in total. The number of aromatic nitrogens is 1. The van der Waals surface area contributed by atoms with Gasteiger partial charge in [-0.3, -0.25) is 4.79 Å². The van der Waals surface area contributed by atoms with Gasteiger partial charge in [0.2, 0.25) is 0 Å². The van der Waals surface area contributed by atoms with Crippen LogP contribution < -0.4 is 5.73 Å². The van der Waals surface area contributed by atoms with E-state index in [1.54, 1.807) is 6.07 Å². The summed E-state index contributed by atoms with van der Waals surface area (Å²) in [6, 6.07) is 2.41. The second-order valence-electron chi connectivity index (χ2n) is 2.55. The maximum Gasteiger partial charge on any atom is 0.280 e. The first-order chi connectivity index (χ1) is 6.97. The summed E-state index contributed by atoms with van der Waals surface area (Å²) in [4.78, 5) is 14.1. The lowest BCUT2D eigenvalue weighted by Crippen LogP contribution is -2.06. The molecule has 1 aromatic heterocycles. The minimum atomic E-state index is -2.88. The Hall–Kier alpha value is -1.74. The summed E-state index contributed by atoms with van der Waals surface area (Å²) < 4.78 is 24.5. The Morgan fingerprint density at radius 2 is 2.27 bits per heavy atom. The monoisotopic (exact) mass is 231 g/mol. The van der Waals surface area contributed by atoms with Crippen LogP contribution in [0, 0.1) is 11.3 Å². The number of carbonyl (C=O) groups is 1. The van der Waals surface area contributed by atoms with Crippen LogP contribution in [0.4, 0.5) is 14.5 Å². The van der Waals surface area contributed by atoms with Crippen molar-refractivity contribution in [3.8, 4) is 6.07 Å². The maximum absolute atomic E-state index is 12.3. The lowest BCUT2D eigenvalue weighted by atomic mass is 10.1. The Morgan fingerprint density at radius 3 is 2.67 bits per heavy atom. The molecular weight excluding hydrogens is 228 g/mol. The number of anilines is 1. The van der Waals surface area contributed by atoms with Crippen LogP contribution in [-0.2, 0) is 0 Å². The number of hydrogen-bond acceptors (Lipinski definition) is 4. The SMILES string of the molecule is N#Cc1c(N)cc(C(F)F)nc1C(=O)Cl. The first kappa shape index (κ1) is 11.3. The van der Waals surface area contributed by atoms with E-state index in [9.17, 15) is 13.6 Å². The van der Waals surface area contributed by atoms with Gasteiger partial charge in [-0.25, -0.2) is 13.8 Å². The van der Waals surface area contributed by atoms with Crippen molar-refractivity contribution in [2.45, 2.75) is 6.43 Å². The maximum atomic E-state index is 12.3. The fourth-order valence-electron chi connectivity index (χ4n) is 0.957. The van der Waals surface area contributed by atoms with Crippen molar-refractivity contribution in [2.75, 3.05) is 5.73 Å². The van der Waals surface area contributed by atoms with E-state index in [0.717, 1.165) is 6.07 Å². The van der Waals surface area contributed by atoms with Crippen molar-refractivity contribution in [2.24, 2.45) is 0 Å². The number of nitriles is 1. The van der Waals surface area contributed by atoms with Gasteiger partial charge >= 0.3 is 0 Å². The lowest BCUT2D eigenvalue weighted by molar-refractivity contribution is 0.107. The van der Waals surface area contributed by atoms with Crippen molar-refractivity contribution < 1.29 is 13.6 Å². The molecule has 1 aromatic rings. The van der Waals surface area contributed by atoms with Gasteiger partial charge in [0.1, 0.15) is 23.0 Å². The van der Waals surface area contributed by atoms with Gasteiger partial charge in [0.05, 0.1) is 5.69 Å². The highest BCUT2D eigenvalue weighted by molar-refractivity contribution is 6.67. The van der Waals surface area contributed by atoms with Crippen LogP contribution in [0.5, 0.6) is 0 Å². The van der Waals surface area contributed by atoms with Crippen LogP contribution >= 0.6 is 11.6 Å². The number of carbonyl (C=O) groups excluding carboxylic acids is 1. The summed E-state index contributed by atoms with van der Waals surface area (Å²) in [5.74, 6) is 0. The number of alkyl halides is 2. The molecule has 0 amide bonds.